The first kappa shape index (κ1) is 26.7. The Kier molecular flexibility index (Phi) is 8.98. The van der Waals surface area contributed by atoms with Gasteiger partial charge in [-0.3, -0.25) is 14.4 Å². The Morgan fingerprint density at radius 2 is 1.58 bits per heavy atom. The average Bonchev–Trinajstić information content (AvgIpc) is 2.94. The average molecular weight is 516 g/mol. The summed E-state index contributed by atoms with van der Waals surface area (Å²) in [4.78, 5) is 39.6. The van der Waals surface area contributed by atoms with Crippen LogP contribution < -0.4 is 20.7 Å². The van der Waals surface area contributed by atoms with Gasteiger partial charge in [-0.05, 0) is 66.9 Å². The standard InChI is InChI=1S/C30H33N3O5/c1-38-24-17-13-21(14-18-24)28(35)32-26-10-6-5-9-25(26)29(36)33-27(19-20-11-15-23(34)16-12-20)30(37)31-22-7-3-2-4-8-22/h5-6,9-18,22,27,34H,2-4,7-8,19H2,1H3,(H,31,37)(H,32,35)(H,33,36)/t27-/m1/s1. The monoisotopic (exact) mass is 515 g/mol. The Morgan fingerprint density at radius 3 is 2.26 bits per heavy atom. The molecule has 4 rings (SSSR count). The second-order valence-corrected chi connectivity index (χ2v) is 9.47. The highest BCUT2D eigenvalue weighted by molar-refractivity contribution is 6.09. The molecule has 1 saturated carbocycles. The molecule has 0 unspecified atom stereocenters. The fraction of sp³-hybridized carbons (Fsp3) is 0.300. The van der Waals surface area contributed by atoms with E-state index in [0.717, 1.165) is 31.2 Å². The number of carbonyl (C=O) groups is 3. The maximum Gasteiger partial charge on any atom is 0.255 e. The van der Waals surface area contributed by atoms with Crippen molar-refractivity contribution < 1.29 is 24.2 Å². The van der Waals surface area contributed by atoms with Crippen molar-refractivity contribution >= 4 is 23.4 Å². The number of benzene rings is 3. The van der Waals surface area contributed by atoms with Gasteiger partial charge in [-0.1, -0.05) is 43.5 Å². The Bertz CT molecular complexity index is 1250. The summed E-state index contributed by atoms with van der Waals surface area (Å²) in [5.41, 5.74) is 1.79. The summed E-state index contributed by atoms with van der Waals surface area (Å²) in [5.74, 6) is -0.338. The Labute approximate surface area is 222 Å². The zero-order valence-corrected chi connectivity index (χ0v) is 21.4. The van der Waals surface area contributed by atoms with Gasteiger partial charge in [0, 0.05) is 18.0 Å². The van der Waals surface area contributed by atoms with E-state index in [1.807, 2.05) is 0 Å². The zero-order valence-electron chi connectivity index (χ0n) is 21.4. The summed E-state index contributed by atoms with van der Waals surface area (Å²) in [6.07, 6.45) is 5.41. The van der Waals surface area contributed by atoms with Crippen LogP contribution in [-0.2, 0) is 11.2 Å². The lowest BCUT2D eigenvalue weighted by Gasteiger charge is -2.26. The molecule has 8 heteroatoms. The van der Waals surface area contributed by atoms with Crippen LogP contribution in [-0.4, -0.2) is 42.0 Å². The Balaban J connectivity index is 1.51. The van der Waals surface area contributed by atoms with E-state index in [2.05, 4.69) is 16.0 Å². The third kappa shape index (κ3) is 7.12. The van der Waals surface area contributed by atoms with Crippen molar-refractivity contribution in [3.63, 3.8) is 0 Å². The minimum absolute atomic E-state index is 0.0894. The quantitative estimate of drug-likeness (QED) is 0.336. The van der Waals surface area contributed by atoms with E-state index in [-0.39, 0.29) is 35.6 Å². The van der Waals surface area contributed by atoms with Crippen LogP contribution in [0.5, 0.6) is 11.5 Å². The molecule has 38 heavy (non-hydrogen) atoms. The van der Waals surface area contributed by atoms with Gasteiger partial charge in [0.1, 0.15) is 17.5 Å². The Morgan fingerprint density at radius 1 is 0.895 bits per heavy atom. The van der Waals surface area contributed by atoms with Gasteiger partial charge in [0.15, 0.2) is 0 Å². The van der Waals surface area contributed by atoms with Gasteiger partial charge in [-0.2, -0.15) is 0 Å². The third-order valence-electron chi connectivity index (χ3n) is 6.72. The summed E-state index contributed by atoms with van der Waals surface area (Å²) < 4.78 is 5.14. The number of methoxy groups -OCH3 is 1. The normalized spacial score (nSPS) is 14.2. The zero-order chi connectivity index (χ0) is 26.9. The van der Waals surface area contributed by atoms with Crippen LogP contribution in [0.4, 0.5) is 5.69 Å². The van der Waals surface area contributed by atoms with Crippen LogP contribution in [0.15, 0.2) is 72.8 Å². The predicted molar refractivity (Wildman–Crippen MR) is 145 cm³/mol. The second-order valence-electron chi connectivity index (χ2n) is 9.47. The number of ether oxygens (including phenoxy) is 1. The van der Waals surface area contributed by atoms with Crippen LogP contribution in [0.25, 0.3) is 0 Å². The summed E-state index contributed by atoms with van der Waals surface area (Å²) in [6.45, 7) is 0. The van der Waals surface area contributed by atoms with Crippen molar-refractivity contribution in [3.8, 4) is 11.5 Å². The molecule has 3 aromatic rings. The number of aromatic hydroxyl groups is 1. The number of phenols is 1. The topological polar surface area (TPSA) is 117 Å². The second kappa shape index (κ2) is 12.8. The maximum absolute atomic E-state index is 13.4. The molecule has 4 N–H and O–H groups in total. The summed E-state index contributed by atoms with van der Waals surface area (Å²) in [6, 6.07) is 19.2. The highest BCUT2D eigenvalue weighted by Crippen LogP contribution is 2.20. The molecule has 0 heterocycles. The summed E-state index contributed by atoms with van der Waals surface area (Å²) in [7, 11) is 1.55. The van der Waals surface area contributed by atoms with Gasteiger partial charge in [0.2, 0.25) is 5.91 Å². The third-order valence-corrected chi connectivity index (χ3v) is 6.72. The number of nitrogens with one attached hydrogen (secondary N) is 3. The molecule has 0 bridgehead atoms. The minimum Gasteiger partial charge on any atom is -0.508 e. The van der Waals surface area contributed by atoms with Gasteiger partial charge < -0.3 is 25.8 Å². The number of phenolic OH excluding ortho intramolecular Hbond substituents is 1. The number of carbonyl (C=O) groups excluding carboxylic acids is 3. The molecule has 0 saturated heterocycles. The van der Waals surface area contributed by atoms with Crippen LogP contribution >= 0.6 is 0 Å². The van der Waals surface area contributed by atoms with Crippen molar-refractivity contribution in [3.05, 3.63) is 89.5 Å². The van der Waals surface area contributed by atoms with E-state index >= 15 is 0 Å². The molecule has 0 aliphatic heterocycles. The van der Waals surface area contributed by atoms with Crippen molar-refractivity contribution in [1.82, 2.24) is 10.6 Å². The lowest BCUT2D eigenvalue weighted by atomic mass is 9.95. The molecule has 1 aliphatic rings. The van der Waals surface area contributed by atoms with Crippen molar-refractivity contribution in [2.75, 3.05) is 12.4 Å². The van der Waals surface area contributed by atoms with Crippen molar-refractivity contribution in [2.45, 2.75) is 50.6 Å². The van der Waals surface area contributed by atoms with E-state index in [1.165, 1.54) is 6.42 Å². The number of rotatable bonds is 9. The SMILES string of the molecule is COc1ccc(C(=O)Nc2ccccc2C(=O)N[C@H](Cc2ccc(O)cc2)C(=O)NC2CCCCC2)cc1. The molecule has 198 valence electrons. The minimum atomic E-state index is -0.834. The van der Waals surface area contributed by atoms with Crippen LogP contribution in [0.3, 0.4) is 0 Å². The van der Waals surface area contributed by atoms with E-state index < -0.39 is 11.9 Å². The molecule has 3 aromatic carbocycles. The molecule has 1 fully saturated rings. The largest absolute Gasteiger partial charge is 0.508 e. The first-order chi connectivity index (χ1) is 18.4. The number of para-hydroxylation sites is 1. The predicted octanol–water partition coefficient (Wildman–Crippen LogP) is 4.44. The Hall–Kier alpha value is -4.33. The van der Waals surface area contributed by atoms with Gasteiger partial charge >= 0.3 is 0 Å². The molecule has 3 amide bonds. The summed E-state index contributed by atoms with van der Waals surface area (Å²) in [5, 5.41) is 18.4. The molecule has 0 radical (unpaired) electrons. The van der Waals surface area contributed by atoms with Crippen LogP contribution in [0.1, 0.15) is 58.4 Å². The van der Waals surface area contributed by atoms with Gasteiger partial charge in [-0.25, -0.2) is 0 Å². The molecule has 1 aliphatic carbocycles. The van der Waals surface area contributed by atoms with Crippen molar-refractivity contribution in [1.29, 1.82) is 0 Å². The lowest BCUT2D eigenvalue weighted by Crippen LogP contribution is -2.51. The first-order valence-electron chi connectivity index (χ1n) is 12.9. The van der Waals surface area contributed by atoms with E-state index in [4.69, 9.17) is 4.74 Å². The van der Waals surface area contributed by atoms with Gasteiger partial charge in [0.05, 0.1) is 18.4 Å². The number of hydrogen-bond donors (Lipinski definition) is 4. The summed E-state index contributed by atoms with van der Waals surface area (Å²) >= 11 is 0. The van der Waals surface area contributed by atoms with E-state index in [1.54, 1.807) is 79.9 Å². The molecule has 8 nitrogen and oxygen atoms in total. The van der Waals surface area contributed by atoms with Crippen molar-refractivity contribution in [2.24, 2.45) is 0 Å². The highest BCUT2D eigenvalue weighted by atomic mass is 16.5. The lowest BCUT2D eigenvalue weighted by molar-refractivity contribution is -0.123. The smallest absolute Gasteiger partial charge is 0.255 e. The molecule has 1 atom stereocenters. The van der Waals surface area contributed by atoms with Gasteiger partial charge in [0.25, 0.3) is 11.8 Å². The maximum atomic E-state index is 13.4. The molecular weight excluding hydrogens is 482 g/mol. The molecular formula is C30H33N3O5. The van der Waals surface area contributed by atoms with Crippen LogP contribution in [0.2, 0.25) is 0 Å². The number of amides is 3. The molecule has 0 aromatic heterocycles. The van der Waals surface area contributed by atoms with E-state index in [0.29, 0.717) is 17.0 Å². The highest BCUT2D eigenvalue weighted by Gasteiger charge is 2.26. The first-order valence-corrected chi connectivity index (χ1v) is 12.9. The fourth-order valence-corrected chi connectivity index (χ4v) is 4.59. The van der Waals surface area contributed by atoms with E-state index in [9.17, 15) is 19.5 Å². The fourth-order valence-electron chi connectivity index (χ4n) is 4.59. The number of hydrogen-bond acceptors (Lipinski definition) is 5. The van der Waals surface area contributed by atoms with Gasteiger partial charge in [-0.15, -0.1) is 0 Å². The van der Waals surface area contributed by atoms with Crippen LogP contribution in [0, 0.1) is 0 Å². The molecule has 0 spiro atoms. The number of anilines is 1.